The summed E-state index contributed by atoms with van der Waals surface area (Å²) in [5, 5.41) is 9.25. The van der Waals surface area contributed by atoms with Gasteiger partial charge in [-0.1, -0.05) is 24.3 Å². The molecule has 1 fully saturated rings. The minimum absolute atomic E-state index is 0.100. The van der Waals surface area contributed by atoms with Crippen molar-refractivity contribution in [2.45, 2.75) is 37.7 Å². The van der Waals surface area contributed by atoms with Gasteiger partial charge in [0.05, 0.1) is 6.10 Å². The third-order valence-electron chi connectivity index (χ3n) is 6.46. The lowest BCUT2D eigenvalue weighted by molar-refractivity contribution is -0.183. The molecule has 0 saturated carbocycles. The van der Waals surface area contributed by atoms with Gasteiger partial charge in [-0.25, -0.2) is 4.98 Å². The zero-order chi connectivity index (χ0) is 25.4. The molecule has 8 nitrogen and oxygen atoms in total. The number of pyridine rings is 2. The van der Waals surface area contributed by atoms with Gasteiger partial charge in [0.1, 0.15) is 29.6 Å². The number of para-hydroxylation sites is 1. The van der Waals surface area contributed by atoms with Crippen LogP contribution in [0.1, 0.15) is 24.9 Å². The Morgan fingerprint density at radius 3 is 2.69 bits per heavy atom. The molecule has 1 aromatic carbocycles. The molecule has 11 heteroatoms. The highest BCUT2D eigenvalue weighted by atomic mass is 19.4. The lowest BCUT2D eigenvalue weighted by atomic mass is 10.1. The molecular formula is C25H27F3N6O2. The topological polar surface area (TPSA) is 90.8 Å². The molecule has 2 unspecified atom stereocenters. The molecule has 1 aliphatic rings. The number of hydrogen-bond donors (Lipinski definition) is 1. The number of aromatic nitrogens is 4. The summed E-state index contributed by atoms with van der Waals surface area (Å²) in [5.41, 5.74) is 7.51. The maximum absolute atomic E-state index is 14.1. The summed E-state index contributed by atoms with van der Waals surface area (Å²) < 4.78 is 55.2. The van der Waals surface area contributed by atoms with Crippen LogP contribution in [-0.4, -0.2) is 69.6 Å². The van der Waals surface area contributed by atoms with Crippen molar-refractivity contribution in [3.05, 3.63) is 54.2 Å². The van der Waals surface area contributed by atoms with E-state index in [4.69, 9.17) is 20.2 Å². The molecule has 190 valence electrons. The molecule has 36 heavy (non-hydrogen) atoms. The van der Waals surface area contributed by atoms with E-state index < -0.39 is 12.2 Å². The summed E-state index contributed by atoms with van der Waals surface area (Å²) in [5.74, 6) is 0.920. The van der Waals surface area contributed by atoms with Crippen LogP contribution in [0.5, 0.6) is 5.75 Å². The summed E-state index contributed by atoms with van der Waals surface area (Å²) in [7, 11) is 1.61. The average Bonchev–Trinajstić information content (AvgIpc) is 3.47. The second-order valence-electron chi connectivity index (χ2n) is 9.08. The zero-order valence-corrected chi connectivity index (χ0v) is 19.9. The Kier molecular flexibility index (Phi) is 6.54. The number of benzene rings is 1. The molecule has 0 bridgehead atoms. The number of hydrogen-bond acceptors (Lipinski definition) is 7. The van der Waals surface area contributed by atoms with Gasteiger partial charge in [-0.05, 0) is 37.1 Å². The Balaban J connectivity index is 1.55. The van der Waals surface area contributed by atoms with Crippen LogP contribution in [0, 0.1) is 0 Å². The number of nitrogens with two attached hydrogens (primary N) is 1. The summed E-state index contributed by atoms with van der Waals surface area (Å²) in [6.07, 6.45) is -2.59. The highest BCUT2D eigenvalue weighted by Gasteiger charge is 2.46. The maximum atomic E-state index is 14.1. The molecule has 4 heterocycles. The van der Waals surface area contributed by atoms with Crippen molar-refractivity contribution in [3.8, 4) is 17.3 Å². The summed E-state index contributed by atoms with van der Waals surface area (Å²) in [6.45, 7) is 2.72. The molecule has 0 spiro atoms. The number of alkyl halides is 3. The number of methoxy groups -OCH3 is 1. The normalized spacial score (nSPS) is 18.7. The highest BCUT2D eigenvalue weighted by Crippen LogP contribution is 2.39. The zero-order valence-electron chi connectivity index (χ0n) is 19.9. The number of halogens is 3. The van der Waals surface area contributed by atoms with Gasteiger partial charge in [0.25, 0.3) is 0 Å². The number of likely N-dealkylation sites (tertiary alicyclic amines) is 1. The first-order valence-corrected chi connectivity index (χ1v) is 11.7. The monoisotopic (exact) mass is 500 g/mol. The molecule has 0 aliphatic carbocycles. The minimum Gasteiger partial charge on any atom is -0.489 e. The largest absolute Gasteiger partial charge is 0.489 e. The first-order chi connectivity index (χ1) is 17.2. The molecule has 1 saturated heterocycles. The van der Waals surface area contributed by atoms with Gasteiger partial charge in [0.2, 0.25) is 0 Å². The molecule has 1 aliphatic heterocycles. The van der Waals surface area contributed by atoms with Gasteiger partial charge in [0.15, 0.2) is 11.5 Å². The van der Waals surface area contributed by atoms with Crippen molar-refractivity contribution in [2.24, 2.45) is 5.73 Å². The van der Waals surface area contributed by atoms with E-state index in [1.807, 2.05) is 31.2 Å². The van der Waals surface area contributed by atoms with Crippen LogP contribution < -0.4 is 10.5 Å². The van der Waals surface area contributed by atoms with E-state index in [1.54, 1.807) is 23.6 Å². The Morgan fingerprint density at radius 1 is 1.14 bits per heavy atom. The molecule has 2 N–H and O–H groups in total. The lowest BCUT2D eigenvalue weighted by Gasteiger charge is -2.30. The van der Waals surface area contributed by atoms with Crippen molar-refractivity contribution in [1.29, 1.82) is 0 Å². The molecule has 0 radical (unpaired) electrons. The maximum Gasteiger partial charge on any atom is 0.408 e. The van der Waals surface area contributed by atoms with Crippen molar-refractivity contribution in [2.75, 3.05) is 26.8 Å². The molecular weight excluding hydrogens is 473 g/mol. The van der Waals surface area contributed by atoms with Gasteiger partial charge in [-0.3, -0.25) is 9.30 Å². The van der Waals surface area contributed by atoms with Gasteiger partial charge in [-0.15, -0.1) is 10.2 Å². The first-order valence-electron chi connectivity index (χ1n) is 11.7. The van der Waals surface area contributed by atoms with Crippen LogP contribution in [-0.2, 0) is 4.74 Å². The van der Waals surface area contributed by atoms with E-state index >= 15 is 0 Å². The Morgan fingerprint density at radius 2 is 1.97 bits per heavy atom. The standard InChI is InChI=1S/C25H27F3N6O2/c1-15(35-2)14-36-20-5-3-4-16-6-8-19(30-22(16)20)24-32-31-21-9-7-17(12-34(21)24)23(25(26,27)28)33-11-10-18(29)13-33/h3-9,12,15,18,23H,10-11,13-14,29H2,1-2H3/t15?,18?,23-/m1/s1. The first kappa shape index (κ1) is 24.4. The van der Waals surface area contributed by atoms with Crippen LogP contribution >= 0.6 is 0 Å². The summed E-state index contributed by atoms with van der Waals surface area (Å²) in [4.78, 5) is 6.13. The molecule has 4 aromatic rings. The number of fused-ring (bicyclic) bond motifs is 2. The molecule has 0 amide bonds. The summed E-state index contributed by atoms with van der Waals surface area (Å²) in [6, 6.07) is 10.2. The Labute approximate surface area is 205 Å². The predicted molar refractivity (Wildman–Crippen MR) is 129 cm³/mol. The van der Waals surface area contributed by atoms with Gasteiger partial charge in [0, 0.05) is 37.8 Å². The third kappa shape index (κ3) is 4.73. The van der Waals surface area contributed by atoms with Crippen LogP contribution in [0.15, 0.2) is 48.7 Å². The number of rotatable bonds is 7. The van der Waals surface area contributed by atoms with Crippen LogP contribution in [0.2, 0.25) is 0 Å². The lowest BCUT2D eigenvalue weighted by Crippen LogP contribution is -2.38. The summed E-state index contributed by atoms with van der Waals surface area (Å²) >= 11 is 0. The minimum atomic E-state index is -4.46. The predicted octanol–water partition coefficient (Wildman–Crippen LogP) is 3.99. The van der Waals surface area contributed by atoms with Crippen LogP contribution in [0.4, 0.5) is 13.2 Å². The van der Waals surface area contributed by atoms with Crippen molar-refractivity contribution >= 4 is 16.6 Å². The van der Waals surface area contributed by atoms with Crippen LogP contribution in [0.25, 0.3) is 28.1 Å². The van der Waals surface area contributed by atoms with Crippen LogP contribution in [0.3, 0.4) is 0 Å². The van der Waals surface area contributed by atoms with Crippen molar-refractivity contribution in [3.63, 3.8) is 0 Å². The Bertz CT molecular complexity index is 1380. The van der Waals surface area contributed by atoms with Gasteiger partial charge >= 0.3 is 6.18 Å². The van der Waals surface area contributed by atoms with Crippen molar-refractivity contribution < 1.29 is 22.6 Å². The fraction of sp³-hybridized carbons (Fsp3) is 0.400. The van der Waals surface area contributed by atoms with E-state index in [0.717, 1.165) is 5.39 Å². The molecule has 3 atom stereocenters. The van der Waals surface area contributed by atoms with E-state index in [2.05, 4.69) is 10.2 Å². The molecule has 3 aromatic heterocycles. The number of ether oxygens (including phenoxy) is 2. The quantitative estimate of drug-likeness (QED) is 0.410. The second kappa shape index (κ2) is 9.64. The second-order valence-corrected chi connectivity index (χ2v) is 9.08. The highest BCUT2D eigenvalue weighted by molar-refractivity contribution is 5.86. The fourth-order valence-electron chi connectivity index (χ4n) is 4.54. The van der Waals surface area contributed by atoms with E-state index in [-0.39, 0.29) is 30.8 Å². The van der Waals surface area contributed by atoms with Gasteiger partial charge < -0.3 is 15.2 Å². The van der Waals surface area contributed by atoms with E-state index in [1.165, 1.54) is 17.2 Å². The van der Waals surface area contributed by atoms with E-state index in [9.17, 15) is 13.2 Å². The molecule has 5 rings (SSSR count). The number of nitrogens with zero attached hydrogens (tertiary/aromatic N) is 5. The van der Waals surface area contributed by atoms with E-state index in [0.29, 0.717) is 41.5 Å². The Hall–Kier alpha value is -3.28. The third-order valence-corrected chi connectivity index (χ3v) is 6.46. The fourth-order valence-corrected chi connectivity index (χ4v) is 4.54. The van der Waals surface area contributed by atoms with Gasteiger partial charge in [-0.2, -0.15) is 13.2 Å². The van der Waals surface area contributed by atoms with Crippen molar-refractivity contribution in [1.82, 2.24) is 24.5 Å². The average molecular weight is 501 g/mol. The SMILES string of the molecule is COC(C)COc1cccc2ccc(-c3nnc4ccc([C@@H](N5CCC(N)C5)C(F)(F)F)cn34)nc12. The smallest absolute Gasteiger partial charge is 0.408 e.